The summed E-state index contributed by atoms with van der Waals surface area (Å²) < 4.78 is 0. The van der Waals surface area contributed by atoms with Gasteiger partial charge in [-0.05, 0) is 24.1 Å². The summed E-state index contributed by atoms with van der Waals surface area (Å²) in [7, 11) is 0. The smallest absolute Gasteiger partial charge is 0.0537 e. The molecule has 0 bridgehead atoms. The first-order valence-electron chi connectivity index (χ1n) is 3.63. The van der Waals surface area contributed by atoms with E-state index in [4.69, 9.17) is 11.6 Å². The molecule has 0 unspecified atom stereocenters. The second kappa shape index (κ2) is 3.25. The second-order valence-electron chi connectivity index (χ2n) is 2.41. The Kier molecular flexibility index (Phi) is 2.33. The van der Waals surface area contributed by atoms with Crippen LogP contribution in [0.4, 0.5) is 11.4 Å². The van der Waals surface area contributed by atoms with E-state index in [0.29, 0.717) is 0 Å². The third-order valence-corrected chi connectivity index (χ3v) is 1.67. The molecule has 0 aliphatic carbocycles. The van der Waals surface area contributed by atoms with Gasteiger partial charge in [-0.3, -0.25) is 5.84 Å². The van der Waals surface area contributed by atoms with Crippen LogP contribution < -0.4 is 17.0 Å². The average molecular weight is 151 g/mol. The molecule has 3 nitrogen and oxygen atoms in total. The van der Waals surface area contributed by atoms with Crippen LogP contribution in [-0.2, 0) is 6.42 Å². The minimum Gasteiger partial charge on any atom is -0.399 e. The van der Waals surface area contributed by atoms with Crippen LogP contribution in [0.2, 0.25) is 0 Å². The molecule has 0 amide bonds. The molecule has 1 aromatic rings. The maximum Gasteiger partial charge on any atom is 0.0537 e. The molecule has 0 saturated heterocycles. The highest BCUT2D eigenvalue weighted by Crippen LogP contribution is 2.17. The molecule has 0 atom stereocenters. The molecule has 0 aliphatic heterocycles. The molecular weight excluding hydrogens is 138 g/mol. The molecule has 0 aromatic heterocycles. The first kappa shape index (κ1) is 7.88. The highest BCUT2D eigenvalue weighted by molar-refractivity contribution is 5.58. The topological polar surface area (TPSA) is 64.1 Å². The van der Waals surface area contributed by atoms with Gasteiger partial charge in [-0.15, -0.1) is 0 Å². The van der Waals surface area contributed by atoms with E-state index in [1.807, 2.05) is 18.2 Å². The summed E-state index contributed by atoms with van der Waals surface area (Å²) in [6.07, 6.45) is 0.958. The number of benzene rings is 1. The lowest BCUT2D eigenvalue weighted by Gasteiger charge is -2.06. The van der Waals surface area contributed by atoms with Gasteiger partial charge >= 0.3 is 0 Å². The zero-order valence-corrected chi connectivity index (χ0v) is 6.59. The van der Waals surface area contributed by atoms with Crippen LogP contribution in [0.25, 0.3) is 0 Å². The lowest BCUT2D eigenvalue weighted by molar-refractivity contribution is 1.13. The van der Waals surface area contributed by atoms with Crippen molar-refractivity contribution in [1.82, 2.24) is 0 Å². The van der Waals surface area contributed by atoms with Gasteiger partial charge in [-0.1, -0.05) is 13.0 Å². The first-order valence-corrected chi connectivity index (χ1v) is 3.63. The predicted octanol–water partition coefficient (Wildman–Crippen LogP) is 1.12. The number of aryl methyl sites for hydroxylation is 1. The molecule has 11 heavy (non-hydrogen) atoms. The van der Waals surface area contributed by atoms with Crippen molar-refractivity contribution in [3.05, 3.63) is 23.8 Å². The number of nitrogen functional groups attached to an aromatic ring is 2. The van der Waals surface area contributed by atoms with Crippen LogP contribution in [0.5, 0.6) is 0 Å². The van der Waals surface area contributed by atoms with Gasteiger partial charge in [-0.2, -0.15) is 0 Å². The fourth-order valence-corrected chi connectivity index (χ4v) is 1.04. The molecule has 0 aliphatic rings. The molecule has 0 spiro atoms. The Morgan fingerprint density at radius 2 is 2.18 bits per heavy atom. The Labute approximate surface area is 66.4 Å². The molecule has 0 fully saturated rings. The van der Waals surface area contributed by atoms with Gasteiger partial charge in [0, 0.05) is 5.69 Å². The maximum atomic E-state index is 5.56. The van der Waals surface area contributed by atoms with Gasteiger partial charge in [0.2, 0.25) is 0 Å². The molecule has 1 rings (SSSR count). The highest BCUT2D eigenvalue weighted by Gasteiger charge is 1.97. The van der Waals surface area contributed by atoms with Crippen molar-refractivity contribution in [2.45, 2.75) is 13.3 Å². The van der Waals surface area contributed by atoms with Crippen LogP contribution in [0.3, 0.4) is 0 Å². The standard InChI is InChI=1S/C8H13N3/c1-2-6-3-4-7(9)5-8(6)11-10/h3-5,11H,2,9-10H2,1H3. The fourth-order valence-electron chi connectivity index (χ4n) is 1.04. The lowest BCUT2D eigenvalue weighted by atomic mass is 10.1. The van der Waals surface area contributed by atoms with Gasteiger partial charge in [0.1, 0.15) is 0 Å². The van der Waals surface area contributed by atoms with Gasteiger partial charge in [0.15, 0.2) is 0 Å². The summed E-state index contributed by atoms with van der Waals surface area (Å²) >= 11 is 0. The Morgan fingerprint density at radius 3 is 2.73 bits per heavy atom. The Balaban J connectivity index is 3.06. The van der Waals surface area contributed by atoms with Gasteiger partial charge in [0.25, 0.3) is 0 Å². The van der Waals surface area contributed by atoms with E-state index < -0.39 is 0 Å². The van der Waals surface area contributed by atoms with E-state index in [1.165, 1.54) is 5.56 Å². The number of nitrogens with one attached hydrogen (secondary N) is 1. The van der Waals surface area contributed by atoms with Crippen molar-refractivity contribution < 1.29 is 0 Å². The average Bonchev–Trinajstić information content (AvgIpc) is 2.04. The van der Waals surface area contributed by atoms with Crippen molar-refractivity contribution in [3.63, 3.8) is 0 Å². The van der Waals surface area contributed by atoms with Crippen molar-refractivity contribution in [1.29, 1.82) is 0 Å². The second-order valence-corrected chi connectivity index (χ2v) is 2.41. The van der Waals surface area contributed by atoms with E-state index in [9.17, 15) is 0 Å². The summed E-state index contributed by atoms with van der Waals surface area (Å²) in [5, 5.41) is 0. The minimum absolute atomic E-state index is 0.732. The van der Waals surface area contributed by atoms with Gasteiger partial charge < -0.3 is 11.2 Å². The van der Waals surface area contributed by atoms with Crippen molar-refractivity contribution >= 4 is 11.4 Å². The Hall–Kier alpha value is -1.22. The predicted molar refractivity (Wildman–Crippen MR) is 48.0 cm³/mol. The summed E-state index contributed by atoms with van der Waals surface area (Å²) in [6, 6.07) is 5.68. The Bertz CT molecular complexity index is 245. The largest absolute Gasteiger partial charge is 0.399 e. The fraction of sp³-hybridized carbons (Fsp3) is 0.250. The number of rotatable bonds is 2. The quantitative estimate of drug-likeness (QED) is 0.337. The van der Waals surface area contributed by atoms with Crippen LogP contribution in [-0.4, -0.2) is 0 Å². The SMILES string of the molecule is CCc1ccc(N)cc1NN. The van der Waals surface area contributed by atoms with Crippen molar-refractivity contribution in [2.75, 3.05) is 11.2 Å². The third-order valence-electron chi connectivity index (χ3n) is 1.67. The van der Waals surface area contributed by atoms with Gasteiger partial charge in [0.05, 0.1) is 5.69 Å². The molecule has 3 heteroatoms. The van der Waals surface area contributed by atoms with E-state index >= 15 is 0 Å². The van der Waals surface area contributed by atoms with E-state index in [1.54, 1.807) is 0 Å². The van der Waals surface area contributed by atoms with Gasteiger partial charge in [-0.25, -0.2) is 0 Å². The zero-order valence-electron chi connectivity index (χ0n) is 6.59. The summed E-state index contributed by atoms with van der Waals surface area (Å²) in [6.45, 7) is 2.08. The minimum atomic E-state index is 0.732. The number of nitrogens with two attached hydrogens (primary N) is 2. The van der Waals surface area contributed by atoms with Crippen molar-refractivity contribution in [3.8, 4) is 0 Å². The first-order chi connectivity index (χ1) is 5.27. The van der Waals surface area contributed by atoms with E-state index in [-0.39, 0.29) is 0 Å². The molecular formula is C8H13N3. The van der Waals surface area contributed by atoms with E-state index in [2.05, 4.69) is 12.3 Å². The van der Waals surface area contributed by atoms with E-state index in [0.717, 1.165) is 17.8 Å². The number of hydrogen-bond acceptors (Lipinski definition) is 3. The molecule has 0 saturated carbocycles. The zero-order chi connectivity index (χ0) is 8.27. The highest BCUT2D eigenvalue weighted by atomic mass is 15.2. The number of hydrogen-bond donors (Lipinski definition) is 3. The molecule has 5 N–H and O–H groups in total. The van der Waals surface area contributed by atoms with Crippen LogP contribution >= 0.6 is 0 Å². The molecule has 0 heterocycles. The van der Waals surface area contributed by atoms with Crippen LogP contribution in [0.1, 0.15) is 12.5 Å². The monoisotopic (exact) mass is 151 g/mol. The summed E-state index contributed by atoms with van der Waals surface area (Å²) in [5.41, 5.74) is 11.0. The van der Waals surface area contributed by atoms with Crippen molar-refractivity contribution in [2.24, 2.45) is 5.84 Å². The number of anilines is 2. The van der Waals surface area contributed by atoms with Crippen LogP contribution in [0, 0.1) is 0 Å². The normalized spacial score (nSPS) is 9.64. The summed E-state index contributed by atoms with van der Waals surface area (Å²) in [5.74, 6) is 5.29. The molecule has 60 valence electrons. The van der Waals surface area contributed by atoms with Crippen LogP contribution in [0.15, 0.2) is 18.2 Å². The molecule has 1 aromatic carbocycles. The Morgan fingerprint density at radius 1 is 1.45 bits per heavy atom. The summed E-state index contributed by atoms with van der Waals surface area (Å²) in [4.78, 5) is 0. The lowest BCUT2D eigenvalue weighted by Crippen LogP contribution is -2.09. The molecule has 0 radical (unpaired) electrons. The maximum absolute atomic E-state index is 5.56. The number of hydrazine groups is 1. The third kappa shape index (κ3) is 1.62.